The molecule has 4 atom stereocenters. The number of nitrogens with one attached hydrogen (secondary N) is 3. The second kappa shape index (κ2) is 14.0. The van der Waals surface area contributed by atoms with Crippen LogP contribution >= 0.6 is 0 Å². The number of hydrogen-bond acceptors (Lipinski definition) is 7. The third kappa shape index (κ3) is 11.8. The van der Waals surface area contributed by atoms with Crippen molar-refractivity contribution in [1.82, 2.24) is 16.0 Å². The zero-order valence-corrected chi connectivity index (χ0v) is 18.4. The predicted molar refractivity (Wildman–Crippen MR) is 112 cm³/mol. The average molecular weight is 460 g/mol. The van der Waals surface area contributed by atoms with E-state index in [-0.39, 0.29) is 31.6 Å². The largest absolute Gasteiger partial charge is 0.481 e. The van der Waals surface area contributed by atoms with E-state index in [0.717, 1.165) is 0 Å². The summed E-state index contributed by atoms with van der Waals surface area (Å²) < 4.78 is 0. The molecule has 0 saturated heterocycles. The normalized spacial score (nSPS) is 14.5. The van der Waals surface area contributed by atoms with Gasteiger partial charge in [-0.1, -0.05) is 13.8 Å². The van der Waals surface area contributed by atoms with Crippen LogP contribution in [0.25, 0.3) is 0 Å². The van der Waals surface area contributed by atoms with Crippen molar-refractivity contribution >= 4 is 35.6 Å². The monoisotopic (exact) mass is 459 g/mol. The first-order valence-electron chi connectivity index (χ1n) is 10.1. The van der Waals surface area contributed by atoms with E-state index in [1.54, 1.807) is 13.8 Å². The van der Waals surface area contributed by atoms with E-state index < -0.39 is 66.2 Å². The van der Waals surface area contributed by atoms with Crippen molar-refractivity contribution in [3.05, 3.63) is 0 Å². The summed E-state index contributed by atoms with van der Waals surface area (Å²) >= 11 is 0. The van der Waals surface area contributed by atoms with Gasteiger partial charge >= 0.3 is 11.9 Å². The van der Waals surface area contributed by atoms with Crippen LogP contribution in [-0.4, -0.2) is 69.9 Å². The number of primary amides is 1. The molecule has 0 heterocycles. The minimum Gasteiger partial charge on any atom is -0.481 e. The summed E-state index contributed by atoms with van der Waals surface area (Å²) in [5.41, 5.74) is 10.7. The molecular formula is C19H33N5O8. The molecular weight excluding hydrogens is 426 g/mol. The van der Waals surface area contributed by atoms with Gasteiger partial charge in [-0.05, 0) is 32.1 Å². The molecule has 32 heavy (non-hydrogen) atoms. The highest BCUT2D eigenvalue weighted by Gasteiger charge is 2.29. The van der Waals surface area contributed by atoms with Crippen LogP contribution in [-0.2, 0) is 28.8 Å². The molecule has 4 amide bonds. The Balaban J connectivity index is 5.08. The van der Waals surface area contributed by atoms with Gasteiger partial charge in [-0.25, -0.2) is 4.79 Å². The number of rotatable bonds is 15. The first-order chi connectivity index (χ1) is 14.7. The van der Waals surface area contributed by atoms with Crippen molar-refractivity contribution in [3.63, 3.8) is 0 Å². The van der Waals surface area contributed by atoms with E-state index in [2.05, 4.69) is 16.0 Å². The highest BCUT2D eigenvalue weighted by Crippen LogP contribution is 2.07. The van der Waals surface area contributed by atoms with Crippen LogP contribution in [0.5, 0.6) is 0 Å². The van der Waals surface area contributed by atoms with E-state index in [1.807, 2.05) is 0 Å². The first-order valence-corrected chi connectivity index (χ1v) is 10.1. The molecule has 0 aliphatic carbocycles. The van der Waals surface area contributed by atoms with Crippen LogP contribution in [0.1, 0.15) is 52.9 Å². The van der Waals surface area contributed by atoms with Crippen LogP contribution < -0.4 is 27.4 Å². The van der Waals surface area contributed by atoms with Crippen molar-refractivity contribution in [3.8, 4) is 0 Å². The predicted octanol–water partition coefficient (Wildman–Crippen LogP) is -1.95. The van der Waals surface area contributed by atoms with E-state index in [9.17, 15) is 33.9 Å². The first kappa shape index (κ1) is 28.8. The average Bonchev–Trinajstić information content (AvgIpc) is 2.67. The Bertz CT molecular complexity index is 712. The molecule has 0 fully saturated rings. The van der Waals surface area contributed by atoms with Gasteiger partial charge in [-0.15, -0.1) is 0 Å². The molecule has 0 aromatic rings. The fraction of sp³-hybridized carbons (Fsp3) is 0.684. The number of carboxylic acid groups (broad SMARTS) is 2. The molecule has 0 rings (SSSR count). The lowest BCUT2D eigenvalue weighted by Crippen LogP contribution is -2.56. The molecule has 0 aliphatic rings. The zero-order chi connectivity index (χ0) is 25.0. The molecule has 0 bridgehead atoms. The van der Waals surface area contributed by atoms with Gasteiger partial charge in [-0.2, -0.15) is 0 Å². The van der Waals surface area contributed by atoms with Crippen LogP contribution in [0.15, 0.2) is 0 Å². The Labute approximate surface area is 185 Å². The number of carbonyl (C=O) groups is 6. The molecule has 13 nitrogen and oxygen atoms in total. The lowest BCUT2D eigenvalue weighted by atomic mass is 10.0. The second-order valence-electron chi connectivity index (χ2n) is 7.86. The van der Waals surface area contributed by atoms with Crippen molar-refractivity contribution in [2.24, 2.45) is 17.4 Å². The Morgan fingerprint density at radius 2 is 1.34 bits per heavy atom. The number of carboxylic acids is 2. The third-order valence-corrected chi connectivity index (χ3v) is 4.39. The van der Waals surface area contributed by atoms with Gasteiger partial charge < -0.3 is 37.6 Å². The summed E-state index contributed by atoms with van der Waals surface area (Å²) in [5, 5.41) is 25.0. The van der Waals surface area contributed by atoms with E-state index in [1.165, 1.54) is 6.92 Å². The van der Waals surface area contributed by atoms with Gasteiger partial charge in [0, 0.05) is 12.8 Å². The quantitative estimate of drug-likeness (QED) is 0.144. The van der Waals surface area contributed by atoms with Gasteiger partial charge in [0.2, 0.25) is 23.6 Å². The van der Waals surface area contributed by atoms with Crippen molar-refractivity contribution in [2.45, 2.75) is 77.0 Å². The van der Waals surface area contributed by atoms with Crippen LogP contribution in [0.3, 0.4) is 0 Å². The maximum Gasteiger partial charge on any atom is 0.326 e. The fourth-order valence-electron chi connectivity index (χ4n) is 2.61. The molecule has 0 aromatic carbocycles. The number of aliphatic carboxylic acids is 2. The van der Waals surface area contributed by atoms with Crippen molar-refractivity contribution < 1.29 is 39.0 Å². The van der Waals surface area contributed by atoms with Crippen LogP contribution in [0.4, 0.5) is 0 Å². The molecule has 0 aliphatic heterocycles. The van der Waals surface area contributed by atoms with Crippen LogP contribution in [0, 0.1) is 5.92 Å². The molecule has 9 N–H and O–H groups in total. The lowest BCUT2D eigenvalue weighted by molar-refractivity contribution is -0.143. The van der Waals surface area contributed by atoms with Gasteiger partial charge in [0.05, 0.1) is 6.04 Å². The highest BCUT2D eigenvalue weighted by atomic mass is 16.4. The molecule has 0 aromatic heterocycles. The molecule has 182 valence electrons. The van der Waals surface area contributed by atoms with Gasteiger partial charge in [0.1, 0.15) is 18.1 Å². The van der Waals surface area contributed by atoms with Crippen molar-refractivity contribution in [1.29, 1.82) is 0 Å². The summed E-state index contributed by atoms with van der Waals surface area (Å²) in [4.78, 5) is 69.9. The molecule has 0 spiro atoms. The number of amides is 4. The topological polar surface area (TPSA) is 231 Å². The molecule has 0 radical (unpaired) electrons. The summed E-state index contributed by atoms with van der Waals surface area (Å²) in [7, 11) is 0. The summed E-state index contributed by atoms with van der Waals surface area (Å²) in [6, 6.07) is -4.69. The minimum absolute atomic E-state index is 0.000799. The van der Waals surface area contributed by atoms with E-state index >= 15 is 0 Å². The summed E-state index contributed by atoms with van der Waals surface area (Å²) in [6.07, 6.45) is -0.715. The molecule has 4 unspecified atom stereocenters. The molecule has 13 heteroatoms. The SMILES string of the molecule is CC(C)CC(NC(=O)C(C)NC(=O)C(N)CCC(N)=O)C(=O)NC(CCC(=O)O)C(=O)O. The summed E-state index contributed by atoms with van der Waals surface area (Å²) in [5.74, 6) is -5.47. The minimum atomic E-state index is -1.44. The standard InChI is InChI=1S/C19H33N5O8/c1-9(2)8-13(18(30)23-12(19(31)32)5-7-15(26)27)24-16(28)10(3)22-17(29)11(20)4-6-14(21)25/h9-13H,4-8,20H2,1-3H3,(H2,21,25)(H,22,29)(H,23,30)(H,24,28)(H,26,27)(H,31,32). The Hall–Kier alpha value is -3.22. The molecule has 0 saturated carbocycles. The smallest absolute Gasteiger partial charge is 0.326 e. The highest BCUT2D eigenvalue weighted by molar-refractivity contribution is 5.94. The Morgan fingerprint density at radius 3 is 1.81 bits per heavy atom. The van der Waals surface area contributed by atoms with E-state index in [0.29, 0.717) is 0 Å². The van der Waals surface area contributed by atoms with E-state index in [4.69, 9.17) is 16.6 Å². The number of nitrogens with two attached hydrogens (primary N) is 2. The number of hydrogen-bond donors (Lipinski definition) is 7. The second-order valence-corrected chi connectivity index (χ2v) is 7.86. The summed E-state index contributed by atoms with van der Waals surface area (Å²) in [6.45, 7) is 4.94. The van der Waals surface area contributed by atoms with Crippen molar-refractivity contribution in [2.75, 3.05) is 0 Å². The van der Waals surface area contributed by atoms with Gasteiger partial charge in [0.25, 0.3) is 0 Å². The lowest BCUT2D eigenvalue weighted by Gasteiger charge is -2.24. The Morgan fingerprint density at radius 1 is 0.781 bits per heavy atom. The maximum absolute atomic E-state index is 12.6. The zero-order valence-electron chi connectivity index (χ0n) is 18.4. The maximum atomic E-state index is 12.6. The van der Waals surface area contributed by atoms with Gasteiger partial charge in [0.15, 0.2) is 0 Å². The number of carbonyl (C=O) groups excluding carboxylic acids is 4. The van der Waals surface area contributed by atoms with Gasteiger partial charge in [-0.3, -0.25) is 24.0 Å². The fourth-order valence-corrected chi connectivity index (χ4v) is 2.61. The Kier molecular flexibility index (Phi) is 12.6. The third-order valence-electron chi connectivity index (χ3n) is 4.39. The van der Waals surface area contributed by atoms with Crippen LogP contribution in [0.2, 0.25) is 0 Å².